The zero-order valence-electron chi connectivity index (χ0n) is 14.9. The summed E-state index contributed by atoms with van der Waals surface area (Å²) in [7, 11) is 1.54. The number of thioether (sulfide) groups is 1. The number of methoxy groups -OCH3 is 1. The molecule has 1 aromatic heterocycles. The summed E-state index contributed by atoms with van der Waals surface area (Å²) in [4.78, 5) is 0. The predicted molar refractivity (Wildman–Crippen MR) is 108 cm³/mol. The van der Waals surface area contributed by atoms with Crippen molar-refractivity contribution in [1.82, 2.24) is 14.9 Å². The molecule has 0 atom stereocenters. The summed E-state index contributed by atoms with van der Waals surface area (Å²) >= 11 is 7.43. The third-order valence-corrected chi connectivity index (χ3v) is 4.85. The van der Waals surface area contributed by atoms with Crippen LogP contribution >= 0.6 is 23.4 Å². The smallest absolute Gasteiger partial charge is 0.212 e. The summed E-state index contributed by atoms with van der Waals surface area (Å²) in [6, 6.07) is 14.9. The molecule has 3 aromatic rings. The van der Waals surface area contributed by atoms with Crippen LogP contribution in [0.1, 0.15) is 11.1 Å². The van der Waals surface area contributed by atoms with Gasteiger partial charge in [0, 0.05) is 10.8 Å². The molecule has 0 bridgehead atoms. The third kappa shape index (κ3) is 5.25. The van der Waals surface area contributed by atoms with Crippen molar-refractivity contribution >= 4 is 29.6 Å². The molecule has 3 rings (SSSR count). The van der Waals surface area contributed by atoms with E-state index in [9.17, 15) is 0 Å². The molecule has 0 saturated heterocycles. The molecule has 0 spiro atoms. The zero-order chi connectivity index (χ0) is 19.8. The summed E-state index contributed by atoms with van der Waals surface area (Å²) < 4.78 is 12.2. The van der Waals surface area contributed by atoms with E-state index < -0.39 is 0 Å². The summed E-state index contributed by atoms with van der Waals surface area (Å²) in [5, 5.41) is 22.4. The summed E-state index contributed by atoms with van der Waals surface area (Å²) in [6.45, 7) is -0.0430. The maximum Gasteiger partial charge on any atom is 0.212 e. The van der Waals surface area contributed by atoms with Crippen molar-refractivity contribution in [2.75, 3.05) is 13.7 Å². The van der Waals surface area contributed by atoms with Crippen molar-refractivity contribution in [3.05, 3.63) is 64.9 Å². The van der Waals surface area contributed by atoms with E-state index in [4.69, 9.17) is 26.3 Å². The molecule has 9 heteroatoms. The number of nitriles is 1. The maximum atomic E-state index is 8.63. The SMILES string of the molecule is COc1cc(/C=N/n2cnnc2SCc2ccc(Cl)cc2)ccc1OCC#N. The minimum atomic E-state index is -0.0430. The topological polar surface area (TPSA) is 85.3 Å². The van der Waals surface area contributed by atoms with Crippen LogP contribution < -0.4 is 9.47 Å². The van der Waals surface area contributed by atoms with E-state index in [2.05, 4.69) is 15.3 Å². The number of halogens is 1. The molecule has 7 nitrogen and oxygen atoms in total. The quantitative estimate of drug-likeness (QED) is 0.409. The molecular weight excluding hydrogens is 398 g/mol. The molecule has 0 aliphatic rings. The Morgan fingerprint density at radius 1 is 1.25 bits per heavy atom. The van der Waals surface area contributed by atoms with Crippen molar-refractivity contribution in [2.24, 2.45) is 5.10 Å². The van der Waals surface area contributed by atoms with E-state index in [-0.39, 0.29) is 6.61 Å². The highest BCUT2D eigenvalue weighted by molar-refractivity contribution is 7.98. The Kier molecular flexibility index (Phi) is 6.89. The van der Waals surface area contributed by atoms with Crippen LogP contribution in [-0.4, -0.2) is 34.8 Å². The van der Waals surface area contributed by atoms with Crippen molar-refractivity contribution in [3.63, 3.8) is 0 Å². The lowest BCUT2D eigenvalue weighted by atomic mass is 10.2. The van der Waals surface area contributed by atoms with Gasteiger partial charge in [0.15, 0.2) is 18.1 Å². The first-order chi connectivity index (χ1) is 13.7. The van der Waals surface area contributed by atoms with Crippen LogP contribution in [-0.2, 0) is 5.75 Å². The Labute approximate surface area is 171 Å². The molecule has 0 aliphatic carbocycles. The Balaban J connectivity index is 1.68. The van der Waals surface area contributed by atoms with Crippen molar-refractivity contribution < 1.29 is 9.47 Å². The zero-order valence-corrected chi connectivity index (χ0v) is 16.5. The number of hydrogen-bond donors (Lipinski definition) is 0. The maximum absolute atomic E-state index is 8.63. The van der Waals surface area contributed by atoms with Gasteiger partial charge < -0.3 is 9.47 Å². The van der Waals surface area contributed by atoms with Gasteiger partial charge in [-0.3, -0.25) is 0 Å². The molecule has 0 saturated carbocycles. The number of hydrogen-bond acceptors (Lipinski definition) is 7. The molecule has 0 unspecified atom stereocenters. The molecule has 2 aromatic carbocycles. The fourth-order valence-electron chi connectivity index (χ4n) is 2.24. The summed E-state index contributed by atoms with van der Waals surface area (Å²) in [5.74, 6) is 1.76. The first-order valence-corrected chi connectivity index (χ1v) is 9.55. The fraction of sp³-hybridized carbons (Fsp3) is 0.158. The summed E-state index contributed by atoms with van der Waals surface area (Å²) in [6.07, 6.45) is 3.22. The normalized spacial score (nSPS) is 10.8. The second-order valence-corrected chi connectivity index (χ2v) is 6.85. The fourth-order valence-corrected chi connectivity index (χ4v) is 3.19. The van der Waals surface area contributed by atoms with Crippen LogP contribution in [0, 0.1) is 11.3 Å². The third-order valence-electron chi connectivity index (χ3n) is 3.59. The minimum Gasteiger partial charge on any atom is -0.493 e. The first-order valence-electron chi connectivity index (χ1n) is 8.19. The van der Waals surface area contributed by atoms with Gasteiger partial charge in [0.1, 0.15) is 12.4 Å². The van der Waals surface area contributed by atoms with Crippen molar-refractivity contribution in [2.45, 2.75) is 10.9 Å². The Hall–Kier alpha value is -3.02. The Bertz CT molecular complexity index is 998. The van der Waals surface area contributed by atoms with Gasteiger partial charge in [-0.25, -0.2) is 0 Å². The van der Waals surface area contributed by atoms with Gasteiger partial charge in [-0.05, 0) is 41.5 Å². The van der Waals surface area contributed by atoms with Gasteiger partial charge in [-0.2, -0.15) is 15.0 Å². The lowest BCUT2D eigenvalue weighted by Crippen LogP contribution is -1.98. The van der Waals surface area contributed by atoms with Gasteiger partial charge >= 0.3 is 0 Å². The van der Waals surface area contributed by atoms with E-state index in [0.717, 1.165) is 16.9 Å². The molecule has 0 fully saturated rings. The largest absolute Gasteiger partial charge is 0.493 e. The molecule has 0 aliphatic heterocycles. The first kappa shape index (κ1) is 19.7. The monoisotopic (exact) mass is 413 g/mol. The summed E-state index contributed by atoms with van der Waals surface area (Å²) in [5.41, 5.74) is 1.94. The van der Waals surface area contributed by atoms with E-state index in [0.29, 0.717) is 21.7 Å². The van der Waals surface area contributed by atoms with Gasteiger partial charge in [0.05, 0.1) is 13.3 Å². The van der Waals surface area contributed by atoms with Gasteiger partial charge in [-0.1, -0.05) is 35.5 Å². The van der Waals surface area contributed by atoms with Crippen LogP contribution in [0.15, 0.2) is 59.0 Å². The number of ether oxygens (including phenoxy) is 2. The van der Waals surface area contributed by atoms with Crippen LogP contribution in [0.3, 0.4) is 0 Å². The average molecular weight is 414 g/mol. The lowest BCUT2D eigenvalue weighted by Gasteiger charge is -2.08. The molecule has 28 heavy (non-hydrogen) atoms. The minimum absolute atomic E-state index is 0.0430. The second kappa shape index (κ2) is 9.78. The number of rotatable bonds is 8. The van der Waals surface area contributed by atoms with Gasteiger partial charge in [0.2, 0.25) is 5.16 Å². The highest BCUT2D eigenvalue weighted by Crippen LogP contribution is 2.27. The lowest BCUT2D eigenvalue weighted by molar-refractivity contribution is 0.329. The van der Waals surface area contributed by atoms with Crippen molar-refractivity contribution in [1.29, 1.82) is 5.26 Å². The Morgan fingerprint density at radius 2 is 2.07 bits per heavy atom. The van der Waals surface area contributed by atoms with Crippen LogP contribution in [0.5, 0.6) is 11.5 Å². The average Bonchev–Trinajstić information content (AvgIpc) is 3.18. The molecule has 1 heterocycles. The van der Waals surface area contributed by atoms with Gasteiger partial charge in [0.25, 0.3) is 0 Å². The number of nitrogens with zero attached hydrogens (tertiary/aromatic N) is 5. The second-order valence-electron chi connectivity index (χ2n) is 5.47. The number of benzene rings is 2. The molecule has 0 N–H and O–H groups in total. The molecular formula is C19H16ClN5O2S. The highest BCUT2D eigenvalue weighted by Gasteiger charge is 2.07. The molecule has 0 amide bonds. The predicted octanol–water partition coefficient (Wildman–Crippen LogP) is 4.02. The van der Waals surface area contributed by atoms with E-state index in [1.807, 2.05) is 36.4 Å². The van der Waals surface area contributed by atoms with Gasteiger partial charge in [-0.15, -0.1) is 10.2 Å². The van der Waals surface area contributed by atoms with E-state index >= 15 is 0 Å². The molecule has 142 valence electrons. The number of aromatic nitrogens is 3. The van der Waals surface area contributed by atoms with Crippen LogP contribution in [0.25, 0.3) is 0 Å². The van der Waals surface area contributed by atoms with Crippen LogP contribution in [0.2, 0.25) is 5.02 Å². The Morgan fingerprint density at radius 3 is 2.82 bits per heavy atom. The van der Waals surface area contributed by atoms with Crippen molar-refractivity contribution in [3.8, 4) is 17.6 Å². The van der Waals surface area contributed by atoms with Crippen LogP contribution in [0.4, 0.5) is 0 Å². The van der Waals surface area contributed by atoms with E-state index in [1.54, 1.807) is 36.5 Å². The molecule has 0 radical (unpaired) electrons. The van der Waals surface area contributed by atoms with E-state index in [1.165, 1.54) is 11.8 Å². The highest BCUT2D eigenvalue weighted by atomic mass is 35.5. The standard InChI is InChI=1S/C19H16ClN5O2S/c1-26-18-10-15(4-7-17(18)27-9-8-21)11-23-25-13-22-24-19(25)28-12-14-2-5-16(20)6-3-14/h2-7,10-11,13H,9,12H2,1H3/b23-11+.